The van der Waals surface area contributed by atoms with Crippen LogP contribution in [0.1, 0.15) is 67.2 Å². The Hall–Kier alpha value is -5.12. The van der Waals surface area contributed by atoms with E-state index in [1.165, 1.54) is 22.9 Å². The van der Waals surface area contributed by atoms with Crippen LogP contribution in [0, 0.1) is 28.9 Å². The Morgan fingerprint density at radius 3 is 2.70 bits per heavy atom. The predicted molar refractivity (Wildman–Crippen MR) is 163 cm³/mol. The molecule has 11 nitrogen and oxygen atoms in total. The Kier molecular flexibility index (Phi) is 6.91. The third-order valence-corrected chi connectivity index (χ3v) is 9.41. The molecule has 13 heteroatoms. The number of anilines is 1. The SMILES string of the molecule is CC(C)C[C@@H](C(=O)N1C[C@]2(C[C@H]1C#N)C(=O)Nc1ccc(-n3cc(C4CC4)nn3)cc12)N(C)C(=O)c1cc2c(F)cc(F)cc2[nH]1. The summed E-state index contributed by atoms with van der Waals surface area (Å²) in [7, 11) is 1.47. The van der Waals surface area contributed by atoms with Crippen molar-refractivity contribution in [3.8, 4) is 11.8 Å². The van der Waals surface area contributed by atoms with Gasteiger partial charge in [0.1, 0.15) is 29.4 Å². The van der Waals surface area contributed by atoms with Crippen molar-refractivity contribution in [1.82, 2.24) is 29.8 Å². The van der Waals surface area contributed by atoms with Crippen molar-refractivity contribution in [1.29, 1.82) is 5.26 Å². The quantitative estimate of drug-likeness (QED) is 0.312. The zero-order chi connectivity index (χ0) is 32.5. The van der Waals surface area contributed by atoms with Crippen LogP contribution in [0.3, 0.4) is 0 Å². The Bertz CT molecular complexity index is 1960. The van der Waals surface area contributed by atoms with Crippen molar-refractivity contribution >= 4 is 34.3 Å². The maximum Gasteiger partial charge on any atom is 0.270 e. The number of carbonyl (C=O) groups is 3. The fourth-order valence-electron chi connectivity index (χ4n) is 6.79. The third-order valence-electron chi connectivity index (χ3n) is 9.41. The van der Waals surface area contributed by atoms with Crippen molar-refractivity contribution in [3.05, 3.63) is 71.2 Å². The van der Waals surface area contributed by atoms with E-state index in [0.717, 1.165) is 30.7 Å². The minimum Gasteiger partial charge on any atom is -0.350 e. The lowest BCUT2D eigenvalue weighted by Crippen LogP contribution is -2.52. The van der Waals surface area contributed by atoms with Crippen LogP contribution in [0.5, 0.6) is 0 Å². The lowest BCUT2D eigenvalue weighted by molar-refractivity contribution is -0.136. The lowest BCUT2D eigenvalue weighted by Gasteiger charge is -2.33. The van der Waals surface area contributed by atoms with Gasteiger partial charge in [-0.3, -0.25) is 14.4 Å². The fraction of sp³-hybridized carbons (Fsp3) is 0.394. The highest BCUT2D eigenvalue weighted by Gasteiger charge is 2.57. The number of likely N-dealkylation sites (N-methyl/N-ethyl adjacent to an activating group) is 1. The Balaban J connectivity index is 1.19. The molecule has 2 aromatic heterocycles. The second kappa shape index (κ2) is 10.8. The van der Waals surface area contributed by atoms with E-state index in [1.54, 1.807) is 10.7 Å². The zero-order valence-electron chi connectivity index (χ0n) is 25.6. The van der Waals surface area contributed by atoms with E-state index in [4.69, 9.17) is 0 Å². The topological polar surface area (TPSA) is 140 Å². The first-order valence-corrected chi connectivity index (χ1v) is 15.3. The van der Waals surface area contributed by atoms with Crippen molar-refractivity contribution in [2.24, 2.45) is 5.92 Å². The van der Waals surface area contributed by atoms with E-state index in [-0.39, 0.29) is 47.8 Å². The minimum atomic E-state index is -1.18. The number of carbonyl (C=O) groups excluding carboxylic acids is 3. The molecule has 3 amide bonds. The monoisotopic (exact) mass is 626 g/mol. The van der Waals surface area contributed by atoms with Gasteiger partial charge in [-0.05, 0) is 61.1 Å². The van der Waals surface area contributed by atoms with Crippen molar-refractivity contribution < 1.29 is 23.2 Å². The number of nitrogens with zero attached hydrogens (tertiary/aromatic N) is 6. The van der Waals surface area contributed by atoms with Crippen LogP contribution in [0.15, 0.2) is 42.6 Å². The third kappa shape index (κ3) is 4.79. The summed E-state index contributed by atoms with van der Waals surface area (Å²) in [6.07, 6.45) is 4.42. The normalized spacial score (nSPS) is 21.1. The van der Waals surface area contributed by atoms with Crippen molar-refractivity contribution in [2.45, 2.75) is 62.9 Å². The van der Waals surface area contributed by atoms with Crippen LogP contribution >= 0.6 is 0 Å². The smallest absolute Gasteiger partial charge is 0.270 e. The summed E-state index contributed by atoms with van der Waals surface area (Å²) in [6, 6.07) is 8.92. The molecule has 0 bridgehead atoms. The Morgan fingerprint density at radius 1 is 1.20 bits per heavy atom. The highest BCUT2D eigenvalue weighted by atomic mass is 19.1. The molecular weight excluding hydrogens is 594 g/mol. The molecule has 2 N–H and O–H groups in total. The van der Waals surface area contributed by atoms with Gasteiger partial charge in [0.05, 0.1) is 34.6 Å². The Labute approximate surface area is 263 Å². The van der Waals surface area contributed by atoms with Gasteiger partial charge in [0.2, 0.25) is 11.8 Å². The number of fused-ring (bicyclic) bond motifs is 3. The molecule has 236 valence electrons. The molecule has 4 aromatic rings. The molecule has 3 atom stereocenters. The highest BCUT2D eigenvalue weighted by molar-refractivity contribution is 6.08. The van der Waals surface area contributed by atoms with Crippen molar-refractivity contribution in [2.75, 3.05) is 18.9 Å². The standard InChI is InChI=1S/C33H32F2N8O3/c1-17(2)8-29(41(3)30(44)27-12-22-24(35)9-19(34)10-26(22)37-27)31(45)42-16-33(13-21(42)14-36)23-11-20(6-7-25(23)38-32(33)46)43-15-28(39-40-43)18-4-5-18/h6-7,9-12,15,17-18,21,29,37H,4-5,8,13,16H2,1-3H3,(H,38,46)/t21-,29-,33-/m0/s1. The molecule has 3 aliphatic rings. The number of nitrogens with one attached hydrogen (secondary N) is 2. The van der Waals surface area contributed by atoms with E-state index >= 15 is 0 Å². The molecule has 2 aliphatic heterocycles. The number of amides is 3. The van der Waals surface area contributed by atoms with Gasteiger partial charge in [-0.1, -0.05) is 19.1 Å². The van der Waals surface area contributed by atoms with E-state index < -0.39 is 40.9 Å². The summed E-state index contributed by atoms with van der Waals surface area (Å²) in [5, 5.41) is 21.8. The molecular formula is C33H32F2N8O3. The molecule has 0 unspecified atom stereocenters. The highest BCUT2D eigenvalue weighted by Crippen LogP contribution is 2.47. The molecule has 0 radical (unpaired) electrons. The summed E-state index contributed by atoms with van der Waals surface area (Å²) < 4.78 is 29.9. The summed E-state index contributed by atoms with van der Waals surface area (Å²) >= 11 is 0. The number of likely N-dealkylation sites (tertiary alicyclic amines) is 1. The van der Waals surface area contributed by atoms with Gasteiger partial charge in [0, 0.05) is 43.1 Å². The molecule has 7 rings (SSSR count). The number of aromatic nitrogens is 4. The first-order valence-electron chi connectivity index (χ1n) is 15.3. The zero-order valence-corrected chi connectivity index (χ0v) is 25.6. The average molecular weight is 627 g/mol. The molecule has 1 saturated carbocycles. The van der Waals surface area contributed by atoms with E-state index in [0.29, 0.717) is 22.9 Å². The Morgan fingerprint density at radius 2 is 1.98 bits per heavy atom. The molecule has 2 aromatic carbocycles. The first kappa shape index (κ1) is 29.6. The summed E-state index contributed by atoms with van der Waals surface area (Å²) in [5.74, 6) is -2.55. The van der Waals surface area contributed by atoms with Crippen LogP contribution < -0.4 is 5.32 Å². The van der Waals surface area contributed by atoms with Crippen LogP contribution in [0.2, 0.25) is 0 Å². The van der Waals surface area contributed by atoms with Crippen LogP contribution in [-0.4, -0.2) is 73.2 Å². The van der Waals surface area contributed by atoms with Gasteiger partial charge in [0.25, 0.3) is 5.91 Å². The van der Waals surface area contributed by atoms with Crippen LogP contribution in [-0.2, 0) is 15.0 Å². The fourth-order valence-corrected chi connectivity index (χ4v) is 6.79. The van der Waals surface area contributed by atoms with Gasteiger partial charge in [-0.15, -0.1) is 5.10 Å². The first-order chi connectivity index (χ1) is 22.0. The van der Waals surface area contributed by atoms with Gasteiger partial charge in [-0.25, -0.2) is 13.5 Å². The number of hydrogen-bond acceptors (Lipinski definition) is 6. The largest absolute Gasteiger partial charge is 0.350 e. The number of H-pyrrole nitrogens is 1. The van der Waals surface area contributed by atoms with E-state index in [1.807, 2.05) is 32.2 Å². The maximum atomic E-state index is 14.4. The van der Waals surface area contributed by atoms with Gasteiger partial charge in [-0.2, -0.15) is 5.26 Å². The van der Waals surface area contributed by atoms with Crippen LogP contribution in [0.25, 0.3) is 16.6 Å². The summed E-state index contributed by atoms with van der Waals surface area (Å²) in [6.45, 7) is 3.77. The second-order valence-electron chi connectivity index (χ2n) is 13.0. The number of nitriles is 1. The number of halogens is 2. The number of aromatic amines is 1. The molecule has 1 spiro atoms. The van der Waals surface area contributed by atoms with Gasteiger partial charge in [0.15, 0.2) is 0 Å². The van der Waals surface area contributed by atoms with Crippen molar-refractivity contribution in [3.63, 3.8) is 0 Å². The minimum absolute atomic E-state index is 0.00661. The average Bonchev–Trinajstić information content (AvgIpc) is 3.35. The van der Waals surface area contributed by atoms with Gasteiger partial charge >= 0.3 is 0 Å². The van der Waals surface area contributed by atoms with E-state index in [9.17, 15) is 28.4 Å². The lowest BCUT2D eigenvalue weighted by atomic mass is 9.79. The van der Waals surface area contributed by atoms with E-state index in [2.05, 4.69) is 26.7 Å². The second-order valence-corrected chi connectivity index (χ2v) is 13.0. The molecule has 4 heterocycles. The maximum absolute atomic E-state index is 14.4. The molecule has 46 heavy (non-hydrogen) atoms. The summed E-state index contributed by atoms with van der Waals surface area (Å²) in [4.78, 5) is 47.0. The molecule has 1 saturated heterocycles. The number of benzene rings is 2. The summed E-state index contributed by atoms with van der Waals surface area (Å²) in [5.41, 5.74) is 1.85. The molecule has 1 aliphatic carbocycles. The van der Waals surface area contributed by atoms with Crippen LogP contribution in [0.4, 0.5) is 14.5 Å². The number of rotatable bonds is 7. The predicted octanol–water partition coefficient (Wildman–Crippen LogP) is 4.41. The number of hydrogen-bond donors (Lipinski definition) is 2. The van der Waals surface area contributed by atoms with Gasteiger partial charge < -0.3 is 20.1 Å². The molecule has 2 fully saturated rings.